The van der Waals surface area contributed by atoms with Gasteiger partial charge in [-0.3, -0.25) is 14.4 Å². The van der Waals surface area contributed by atoms with Gasteiger partial charge in [-0.05, 0) is 77.2 Å². The number of hydrogen-bond acceptors (Lipinski definition) is 6. The highest BCUT2D eigenvalue weighted by Crippen LogP contribution is 2.37. The van der Waals surface area contributed by atoms with Crippen LogP contribution in [0.4, 0.5) is 0 Å². The molecule has 7 nitrogen and oxygen atoms in total. The quantitative estimate of drug-likeness (QED) is 0.150. The molecule has 1 aliphatic heterocycles. The van der Waals surface area contributed by atoms with Crippen molar-refractivity contribution in [3.05, 3.63) is 99.4 Å². The van der Waals surface area contributed by atoms with Gasteiger partial charge in [0.05, 0.1) is 34.3 Å². The number of thiophene rings is 1. The normalized spacial score (nSPS) is 14.5. The minimum absolute atomic E-state index is 0.0249. The van der Waals surface area contributed by atoms with Gasteiger partial charge in [-0.25, -0.2) is 0 Å². The van der Waals surface area contributed by atoms with E-state index in [9.17, 15) is 14.4 Å². The molecular weight excluding hydrogens is 607 g/mol. The van der Waals surface area contributed by atoms with Crippen LogP contribution in [0, 0.1) is 5.92 Å². The van der Waals surface area contributed by atoms with Crippen molar-refractivity contribution in [2.45, 2.75) is 25.3 Å². The van der Waals surface area contributed by atoms with Crippen molar-refractivity contribution in [2.24, 2.45) is 5.92 Å². The number of nitrogens with zero attached hydrogens (tertiary/aromatic N) is 1. The fraction of sp³-hybridized carbons (Fsp3) is 0.242. The Morgan fingerprint density at radius 2 is 1.74 bits per heavy atom. The van der Waals surface area contributed by atoms with Gasteiger partial charge < -0.3 is 19.7 Å². The van der Waals surface area contributed by atoms with E-state index in [4.69, 9.17) is 32.7 Å². The van der Waals surface area contributed by atoms with E-state index in [2.05, 4.69) is 5.32 Å². The molecule has 43 heavy (non-hydrogen) atoms. The highest BCUT2D eigenvalue weighted by atomic mass is 35.5. The van der Waals surface area contributed by atoms with Gasteiger partial charge in [0.2, 0.25) is 11.8 Å². The number of carbonyl (C=O) groups is 3. The summed E-state index contributed by atoms with van der Waals surface area (Å²) in [7, 11) is 1.32. The molecule has 0 bridgehead atoms. The fourth-order valence-electron chi connectivity index (χ4n) is 5.03. The monoisotopic (exact) mass is 636 g/mol. The van der Waals surface area contributed by atoms with E-state index in [0.717, 1.165) is 15.6 Å². The molecule has 1 saturated heterocycles. The predicted octanol–water partition coefficient (Wildman–Crippen LogP) is 7.67. The zero-order valence-electron chi connectivity index (χ0n) is 23.4. The van der Waals surface area contributed by atoms with Crippen LogP contribution >= 0.6 is 34.5 Å². The Labute approximate surface area is 264 Å². The molecule has 3 aromatic carbocycles. The van der Waals surface area contributed by atoms with E-state index in [-0.39, 0.29) is 24.2 Å². The van der Waals surface area contributed by atoms with E-state index in [1.165, 1.54) is 24.5 Å². The standard InChI is InChI=1S/C33H30Cl2N2O5S/c1-41-29(39)20-27(22-6-5-9-26(19-22)42-25-7-3-2-4-8-25)36-33(40)21-12-15-37(16-13-21)28(38)11-10-23-18-24-14-17-43-32(24)31(35)30(23)34/h2-11,14,17-19,21,27H,12-13,15-16,20H2,1H3,(H,36,40)/b11-10+. The van der Waals surface area contributed by atoms with Crippen LogP contribution < -0.4 is 10.1 Å². The average Bonchev–Trinajstić information content (AvgIpc) is 3.51. The molecule has 2 heterocycles. The van der Waals surface area contributed by atoms with E-state index in [0.29, 0.717) is 53.0 Å². The van der Waals surface area contributed by atoms with Crippen LogP contribution in [0.15, 0.2) is 78.2 Å². The largest absolute Gasteiger partial charge is 0.469 e. The van der Waals surface area contributed by atoms with Crippen LogP contribution in [0.3, 0.4) is 0 Å². The van der Waals surface area contributed by atoms with Crippen molar-refractivity contribution in [1.29, 1.82) is 0 Å². The summed E-state index contributed by atoms with van der Waals surface area (Å²) < 4.78 is 11.8. The van der Waals surface area contributed by atoms with E-state index < -0.39 is 12.0 Å². The molecule has 5 rings (SSSR count). The first-order valence-corrected chi connectivity index (χ1v) is 15.5. The molecule has 1 atom stereocenters. The van der Waals surface area contributed by atoms with E-state index in [1.54, 1.807) is 11.0 Å². The lowest BCUT2D eigenvalue weighted by Crippen LogP contribution is -2.43. The summed E-state index contributed by atoms with van der Waals surface area (Å²) in [6, 6.07) is 19.9. The second-order valence-electron chi connectivity index (χ2n) is 10.2. The molecule has 0 radical (unpaired) electrons. The number of piperidine rings is 1. The van der Waals surface area contributed by atoms with Gasteiger partial charge >= 0.3 is 5.97 Å². The number of esters is 1. The first-order chi connectivity index (χ1) is 20.8. The Kier molecular flexibility index (Phi) is 10.0. The molecule has 1 aromatic heterocycles. The first kappa shape index (κ1) is 30.6. The summed E-state index contributed by atoms with van der Waals surface area (Å²) in [6.07, 6.45) is 4.15. The number of likely N-dealkylation sites (tertiary alicyclic amines) is 1. The molecule has 1 unspecified atom stereocenters. The van der Waals surface area contributed by atoms with Gasteiger partial charge in [-0.2, -0.15) is 0 Å². The molecule has 10 heteroatoms. The van der Waals surface area contributed by atoms with Crippen LogP contribution in [-0.2, 0) is 19.1 Å². The Morgan fingerprint density at radius 3 is 2.49 bits per heavy atom. The maximum atomic E-state index is 13.3. The number of fused-ring (bicyclic) bond motifs is 1. The number of amides is 2. The number of carbonyl (C=O) groups excluding carboxylic acids is 3. The summed E-state index contributed by atoms with van der Waals surface area (Å²) in [4.78, 5) is 40.2. The SMILES string of the molecule is COC(=O)CC(NC(=O)C1CCN(C(=O)/C=C/c2cc3ccsc3c(Cl)c2Cl)CC1)c1cccc(Oc2ccccc2)c1. The number of hydrogen-bond donors (Lipinski definition) is 1. The van der Waals surface area contributed by atoms with Gasteiger partial charge in [0.1, 0.15) is 11.5 Å². The number of para-hydroxylation sites is 1. The minimum Gasteiger partial charge on any atom is -0.469 e. The summed E-state index contributed by atoms with van der Waals surface area (Å²) in [5, 5.41) is 6.84. The Morgan fingerprint density at radius 1 is 1.00 bits per heavy atom. The molecule has 1 N–H and O–H groups in total. The molecule has 0 saturated carbocycles. The van der Waals surface area contributed by atoms with E-state index >= 15 is 0 Å². The highest BCUT2D eigenvalue weighted by Gasteiger charge is 2.29. The van der Waals surface area contributed by atoms with Gasteiger partial charge in [0.15, 0.2) is 0 Å². The number of halogens is 2. The number of rotatable bonds is 9. The van der Waals surface area contributed by atoms with Crippen LogP contribution in [0.2, 0.25) is 10.0 Å². The lowest BCUT2D eigenvalue weighted by atomic mass is 9.94. The number of methoxy groups -OCH3 is 1. The molecule has 2 amide bonds. The Bertz CT molecular complexity index is 1650. The fourth-order valence-corrected chi connectivity index (χ4v) is 6.47. The lowest BCUT2D eigenvalue weighted by molar-refractivity contribution is -0.141. The Hall–Kier alpha value is -3.85. The van der Waals surface area contributed by atoms with Crippen LogP contribution in [0.5, 0.6) is 11.5 Å². The first-order valence-electron chi connectivity index (χ1n) is 13.8. The predicted molar refractivity (Wildman–Crippen MR) is 171 cm³/mol. The van der Waals surface area contributed by atoms with Gasteiger partial charge in [-0.1, -0.05) is 53.5 Å². The van der Waals surface area contributed by atoms with E-state index in [1.807, 2.05) is 72.1 Å². The van der Waals surface area contributed by atoms with Crippen molar-refractivity contribution < 1.29 is 23.9 Å². The van der Waals surface area contributed by atoms with Gasteiger partial charge in [0, 0.05) is 25.1 Å². The number of nitrogens with one attached hydrogen (secondary N) is 1. The molecule has 0 aliphatic carbocycles. The molecule has 222 valence electrons. The number of ether oxygens (including phenoxy) is 2. The third kappa shape index (κ3) is 7.57. The van der Waals surface area contributed by atoms with Crippen molar-refractivity contribution in [2.75, 3.05) is 20.2 Å². The molecule has 1 fully saturated rings. The van der Waals surface area contributed by atoms with Crippen LogP contribution in [-0.4, -0.2) is 42.9 Å². The zero-order chi connectivity index (χ0) is 30.3. The average molecular weight is 638 g/mol. The maximum absolute atomic E-state index is 13.3. The smallest absolute Gasteiger partial charge is 0.307 e. The summed E-state index contributed by atoms with van der Waals surface area (Å²) in [5.41, 5.74) is 1.40. The highest BCUT2D eigenvalue weighted by molar-refractivity contribution is 7.18. The molecular formula is C33H30Cl2N2O5S. The maximum Gasteiger partial charge on any atom is 0.307 e. The Balaban J connectivity index is 1.20. The molecule has 0 spiro atoms. The zero-order valence-corrected chi connectivity index (χ0v) is 25.8. The van der Waals surface area contributed by atoms with Gasteiger partial charge in [-0.15, -0.1) is 11.3 Å². The van der Waals surface area contributed by atoms with Gasteiger partial charge in [0.25, 0.3) is 0 Å². The van der Waals surface area contributed by atoms with Crippen LogP contribution in [0.25, 0.3) is 16.2 Å². The number of benzene rings is 3. The second kappa shape index (κ2) is 14.1. The third-order valence-electron chi connectivity index (χ3n) is 7.39. The van der Waals surface area contributed by atoms with Crippen molar-refractivity contribution in [1.82, 2.24) is 10.2 Å². The van der Waals surface area contributed by atoms with Crippen molar-refractivity contribution >= 4 is 68.5 Å². The minimum atomic E-state index is -0.598. The summed E-state index contributed by atoms with van der Waals surface area (Å²) in [5.74, 6) is 0.204. The molecule has 1 aliphatic rings. The third-order valence-corrected chi connectivity index (χ3v) is 9.33. The van der Waals surface area contributed by atoms with Crippen molar-refractivity contribution in [3.8, 4) is 11.5 Å². The van der Waals surface area contributed by atoms with Crippen molar-refractivity contribution in [3.63, 3.8) is 0 Å². The van der Waals surface area contributed by atoms with Crippen LogP contribution in [0.1, 0.15) is 36.4 Å². The second-order valence-corrected chi connectivity index (χ2v) is 11.9. The lowest BCUT2D eigenvalue weighted by Gasteiger charge is -2.31. The summed E-state index contributed by atoms with van der Waals surface area (Å²) >= 11 is 14.4. The summed E-state index contributed by atoms with van der Waals surface area (Å²) in [6.45, 7) is 0.864. The molecule has 4 aromatic rings. The topological polar surface area (TPSA) is 84.9 Å².